The lowest BCUT2D eigenvalue weighted by Gasteiger charge is -2.48. The molecule has 2 fully saturated rings. The van der Waals surface area contributed by atoms with Gasteiger partial charge in [0.25, 0.3) is 0 Å². The lowest BCUT2D eigenvalue weighted by atomic mass is 9.63. The number of piperidine rings is 2. The highest BCUT2D eigenvalue weighted by Gasteiger charge is 2.40. The SMILES string of the molecule is CC(C)(C1CCN(c2ccc(N)cc2)CC1)C1CCN(c2ccc(N)cc2)CC1. The second kappa shape index (κ2) is 8.17. The molecule has 2 aromatic rings. The molecule has 2 aromatic carbocycles. The van der Waals surface area contributed by atoms with Crippen molar-refractivity contribution in [3.8, 4) is 0 Å². The first-order chi connectivity index (χ1) is 13.9. The summed E-state index contributed by atoms with van der Waals surface area (Å²) >= 11 is 0. The fraction of sp³-hybridized carbons (Fsp3) is 0.520. The van der Waals surface area contributed by atoms with Gasteiger partial charge in [-0.3, -0.25) is 0 Å². The minimum absolute atomic E-state index is 0.403. The van der Waals surface area contributed by atoms with Gasteiger partial charge in [0, 0.05) is 48.9 Å². The molecule has 0 atom stereocenters. The fourth-order valence-corrected chi connectivity index (χ4v) is 5.47. The number of benzene rings is 2. The van der Waals surface area contributed by atoms with E-state index >= 15 is 0 Å². The van der Waals surface area contributed by atoms with E-state index in [0.29, 0.717) is 5.41 Å². The summed E-state index contributed by atoms with van der Waals surface area (Å²) in [5.41, 5.74) is 16.4. The maximum Gasteiger partial charge on any atom is 0.0367 e. The largest absolute Gasteiger partial charge is 0.399 e. The number of rotatable bonds is 4. The van der Waals surface area contributed by atoms with Gasteiger partial charge < -0.3 is 21.3 Å². The zero-order chi connectivity index (χ0) is 20.4. The van der Waals surface area contributed by atoms with E-state index in [4.69, 9.17) is 11.5 Å². The smallest absolute Gasteiger partial charge is 0.0367 e. The zero-order valence-electron chi connectivity index (χ0n) is 18.0. The van der Waals surface area contributed by atoms with E-state index in [-0.39, 0.29) is 0 Å². The molecule has 0 aromatic heterocycles. The molecule has 156 valence electrons. The first-order valence-electron chi connectivity index (χ1n) is 11.1. The number of nitrogen functional groups attached to an aromatic ring is 2. The molecular formula is C25H36N4. The Balaban J connectivity index is 1.32. The quantitative estimate of drug-likeness (QED) is 0.718. The monoisotopic (exact) mass is 392 g/mol. The van der Waals surface area contributed by atoms with E-state index < -0.39 is 0 Å². The molecule has 4 nitrogen and oxygen atoms in total. The molecule has 4 N–H and O–H groups in total. The summed E-state index contributed by atoms with van der Waals surface area (Å²) in [7, 11) is 0. The van der Waals surface area contributed by atoms with Crippen LogP contribution in [0.25, 0.3) is 0 Å². The molecule has 0 bridgehead atoms. The van der Waals surface area contributed by atoms with E-state index in [0.717, 1.165) is 49.4 Å². The zero-order valence-corrected chi connectivity index (χ0v) is 18.0. The predicted octanol–water partition coefficient (Wildman–Crippen LogP) is 5.01. The molecule has 0 unspecified atom stereocenters. The Bertz CT molecular complexity index is 713. The van der Waals surface area contributed by atoms with E-state index in [1.165, 1.54) is 37.1 Å². The van der Waals surface area contributed by atoms with Crippen molar-refractivity contribution >= 4 is 22.7 Å². The van der Waals surface area contributed by atoms with Gasteiger partial charge in [-0.15, -0.1) is 0 Å². The van der Waals surface area contributed by atoms with E-state index in [1.54, 1.807) is 0 Å². The Morgan fingerprint density at radius 1 is 0.621 bits per heavy atom. The standard InChI is InChI=1S/C25H36N4/c1-25(2,19-11-15-28(16-12-19)23-7-3-21(26)4-8-23)20-13-17-29(18-14-20)24-9-5-22(27)6-10-24/h3-10,19-20H,11-18,26-27H2,1-2H3. The number of hydrogen-bond acceptors (Lipinski definition) is 4. The number of hydrogen-bond donors (Lipinski definition) is 2. The number of anilines is 4. The summed E-state index contributed by atoms with van der Waals surface area (Å²) in [5, 5.41) is 0. The Kier molecular flexibility index (Phi) is 5.62. The van der Waals surface area contributed by atoms with Crippen molar-refractivity contribution < 1.29 is 0 Å². The van der Waals surface area contributed by atoms with Gasteiger partial charge in [-0.1, -0.05) is 13.8 Å². The molecule has 2 aliphatic rings. The minimum Gasteiger partial charge on any atom is -0.399 e. The molecule has 29 heavy (non-hydrogen) atoms. The highest BCUT2D eigenvalue weighted by atomic mass is 15.1. The highest BCUT2D eigenvalue weighted by molar-refractivity contribution is 5.54. The number of nitrogens with zero attached hydrogens (tertiary/aromatic N) is 2. The van der Waals surface area contributed by atoms with Crippen molar-refractivity contribution in [2.75, 3.05) is 47.4 Å². The van der Waals surface area contributed by atoms with Gasteiger partial charge in [0.05, 0.1) is 0 Å². The molecule has 0 aliphatic carbocycles. The van der Waals surface area contributed by atoms with Crippen LogP contribution in [0, 0.1) is 17.3 Å². The molecule has 2 aliphatic heterocycles. The molecule has 0 spiro atoms. The second-order valence-corrected chi connectivity index (χ2v) is 9.53. The normalized spacial score (nSPS) is 19.5. The van der Waals surface area contributed by atoms with Gasteiger partial charge in [-0.05, 0) is 91.5 Å². The van der Waals surface area contributed by atoms with Crippen molar-refractivity contribution in [3.63, 3.8) is 0 Å². The summed E-state index contributed by atoms with van der Waals surface area (Å²) in [6.45, 7) is 9.68. The number of nitrogens with two attached hydrogens (primary N) is 2. The van der Waals surface area contributed by atoms with E-state index in [2.05, 4.69) is 47.9 Å². The van der Waals surface area contributed by atoms with Crippen LogP contribution in [0.3, 0.4) is 0 Å². The Hall–Kier alpha value is -2.36. The topological polar surface area (TPSA) is 58.5 Å². The summed E-state index contributed by atoms with van der Waals surface area (Å²) < 4.78 is 0. The van der Waals surface area contributed by atoms with Crippen molar-refractivity contribution in [1.82, 2.24) is 0 Å². The third-order valence-electron chi connectivity index (χ3n) is 7.61. The van der Waals surface area contributed by atoms with Crippen molar-refractivity contribution in [1.29, 1.82) is 0 Å². The molecule has 0 saturated carbocycles. The van der Waals surface area contributed by atoms with Crippen LogP contribution in [0.1, 0.15) is 39.5 Å². The van der Waals surface area contributed by atoms with Gasteiger partial charge in [0.1, 0.15) is 0 Å². The van der Waals surface area contributed by atoms with E-state index in [9.17, 15) is 0 Å². The van der Waals surface area contributed by atoms with Crippen LogP contribution < -0.4 is 21.3 Å². The molecule has 2 heterocycles. The van der Waals surface area contributed by atoms with Crippen LogP contribution >= 0.6 is 0 Å². The summed E-state index contributed by atoms with van der Waals surface area (Å²) in [6.07, 6.45) is 5.15. The van der Waals surface area contributed by atoms with Gasteiger partial charge in [0.2, 0.25) is 0 Å². The van der Waals surface area contributed by atoms with E-state index in [1.807, 2.05) is 24.3 Å². The third kappa shape index (κ3) is 4.31. The maximum absolute atomic E-state index is 5.84. The maximum atomic E-state index is 5.84. The van der Waals surface area contributed by atoms with Crippen LogP contribution in [0.2, 0.25) is 0 Å². The lowest BCUT2D eigenvalue weighted by molar-refractivity contribution is 0.0755. The van der Waals surface area contributed by atoms with Crippen molar-refractivity contribution in [3.05, 3.63) is 48.5 Å². The van der Waals surface area contributed by atoms with Gasteiger partial charge in [-0.25, -0.2) is 0 Å². The Labute approximate surface area is 175 Å². The molecule has 0 radical (unpaired) electrons. The lowest BCUT2D eigenvalue weighted by Crippen LogP contribution is -2.45. The van der Waals surface area contributed by atoms with Crippen LogP contribution in [-0.2, 0) is 0 Å². The van der Waals surface area contributed by atoms with Crippen LogP contribution in [-0.4, -0.2) is 26.2 Å². The summed E-state index contributed by atoms with van der Waals surface area (Å²) in [5.74, 6) is 1.61. The molecule has 2 saturated heterocycles. The predicted molar refractivity (Wildman–Crippen MR) is 125 cm³/mol. The van der Waals surface area contributed by atoms with Gasteiger partial charge in [0.15, 0.2) is 0 Å². The van der Waals surface area contributed by atoms with Crippen LogP contribution in [0.15, 0.2) is 48.5 Å². The van der Waals surface area contributed by atoms with Gasteiger partial charge >= 0.3 is 0 Å². The molecule has 4 heteroatoms. The first-order valence-corrected chi connectivity index (χ1v) is 11.1. The van der Waals surface area contributed by atoms with Crippen LogP contribution in [0.4, 0.5) is 22.7 Å². The molecule has 4 rings (SSSR count). The second-order valence-electron chi connectivity index (χ2n) is 9.53. The Morgan fingerprint density at radius 2 is 0.931 bits per heavy atom. The van der Waals surface area contributed by atoms with Gasteiger partial charge in [-0.2, -0.15) is 0 Å². The van der Waals surface area contributed by atoms with Crippen molar-refractivity contribution in [2.45, 2.75) is 39.5 Å². The Morgan fingerprint density at radius 3 is 1.24 bits per heavy atom. The highest BCUT2D eigenvalue weighted by Crippen LogP contribution is 2.46. The summed E-state index contributed by atoms with van der Waals surface area (Å²) in [4.78, 5) is 5.05. The molecular weight excluding hydrogens is 356 g/mol. The summed E-state index contributed by atoms with van der Waals surface area (Å²) in [6, 6.07) is 16.7. The molecule has 0 amide bonds. The minimum atomic E-state index is 0.403. The fourth-order valence-electron chi connectivity index (χ4n) is 5.47. The average Bonchev–Trinajstić information content (AvgIpc) is 2.75. The first kappa shape index (κ1) is 19.9. The average molecular weight is 393 g/mol. The van der Waals surface area contributed by atoms with Crippen LogP contribution in [0.5, 0.6) is 0 Å². The third-order valence-corrected chi connectivity index (χ3v) is 7.61. The van der Waals surface area contributed by atoms with Crippen molar-refractivity contribution in [2.24, 2.45) is 17.3 Å².